The van der Waals surface area contributed by atoms with Crippen LogP contribution in [0.2, 0.25) is 0 Å². The number of anilines is 2. The smallest absolute Gasteiger partial charge is 0.130 e. The zero-order chi connectivity index (χ0) is 22.8. The fourth-order valence-corrected chi connectivity index (χ4v) is 4.42. The predicted octanol–water partition coefficient (Wildman–Crippen LogP) is 5.06. The lowest BCUT2D eigenvalue weighted by molar-refractivity contribution is 0.209. The number of rotatable bonds is 6. The molecule has 2 aromatic heterocycles. The van der Waals surface area contributed by atoms with Crippen LogP contribution in [0.5, 0.6) is 0 Å². The van der Waals surface area contributed by atoms with Gasteiger partial charge in [-0.15, -0.1) is 0 Å². The van der Waals surface area contributed by atoms with Crippen molar-refractivity contribution in [3.63, 3.8) is 0 Å². The van der Waals surface area contributed by atoms with Crippen LogP contribution >= 0.6 is 0 Å². The second-order valence-corrected chi connectivity index (χ2v) is 8.94. The van der Waals surface area contributed by atoms with Gasteiger partial charge in [-0.05, 0) is 54.6 Å². The molecular weight excluding hydrogens is 408 g/mol. The summed E-state index contributed by atoms with van der Waals surface area (Å²) in [6, 6.07) is 13.2. The Labute approximate surface area is 195 Å². The molecule has 168 valence electrons. The minimum Gasteiger partial charge on any atom is -0.354 e. The lowest BCUT2D eigenvalue weighted by Gasteiger charge is -2.37. The second-order valence-electron chi connectivity index (χ2n) is 8.94. The summed E-state index contributed by atoms with van der Waals surface area (Å²) in [7, 11) is 0. The molecule has 0 amide bonds. The Balaban J connectivity index is 1.30. The van der Waals surface area contributed by atoms with Crippen LogP contribution in [0.25, 0.3) is 22.0 Å². The van der Waals surface area contributed by atoms with E-state index in [0.29, 0.717) is 6.04 Å². The number of aromatic nitrogens is 2. The van der Waals surface area contributed by atoms with Crippen LogP contribution in [-0.4, -0.2) is 53.3 Å². The first-order valence-corrected chi connectivity index (χ1v) is 11.6. The van der Waals surface area contributed by atoms with Gasteiger partial charge in [0, 0.05) is 80.1 Å². The number of aliphatic imine (C=N–C) groups is 1. The summed E-state index contributed by atoms with van der Waals surface area (Å²) in [5.74, 6) is 1.78. The Bertz CT molecular complexity index is 1230. The third-order valence-electron chi connectivity index (χ3n) is 6.48. The molecule has 0 spiro atoms. The van der Waals surface area contributed by atoms with Gasteiger partial charge in [-0.3, -0.25) is 9.89 Å². The molecule has 0 unspecified atom stereocenters. The summed E-state index contributed by atoms with van der Waals surface area (Å²) in [6.07, 6.45) is 8.53. The molecular formula is C27H30N6. The van der Waals surface area contributed by atoms with E-state index in [4.69, 9.17) is 0 Å². The standard InChI is InChI=1S/C27H30N6/c1-19(2)32-10-12-33(13-11-32)27-16-21(7-9-29-27)20(3)31-26-15-25-14-22(24-6-8-28-17-24)4-5-23(25)18-30-26/h4-5,7-9,14-19H,3,6,10-13H2,1-2H3,(H,30,31). The molecule has 0 radical (unpaired) electrons. The van der Waals surface area contributed by atoms with E-state index < -0.39 is 0 Å². The van der Waals surface area contributed by atoms with Crippen LogP contribution < -0.4 is 10.2 Å². The van der Waals surface area contributed by atoms with Crippen molar-refractivity contribution >= 4 is 39.9 Å². The highest BCUT2D eigenvalue weighted by atomic mass is 15.3. The van der Waals surface area contributed by atoms with Crippen LogP contribution in [0.3, 0.4) is 0 Å². The number of hydrogen-bond donors (Lipinski definition) is 1. The van der Waals surface area contributed by atoms with Crippen molar-refractivity contribution in [2.24, 2.45) is 4.99 Å². The van der Waals surface area contributed by atoms with Crippen LogP contribution in [0.1, 0.15) is 31.4 Å². The average molecular weight is 439 g/mol. The number of piperazine rings is 1. The fourth-order valence-electron chi connectivity index (χ4n) is 4.42. The molecule has 33 heavy (non-hydrogen) atoms. The Morgan fingerprint density at radius 1 is 1.00 bits per heavy atom. The van der Waals surface area contributed by atoms with Gasteiger partial charge in [0.25, 0.3) is 0 Å². The number of nitrogens with zero attached hydrogens (tertiary/aromatic N) is 5. The number of fused-ring (bicyclic) bond motifs is 1. The molecule has 1 N–H and O–H groups in total. The first kappa shape index (κ1) is 21.3. The molecule has 4 heterocycles. The van der Waals surface area contributed by atoms with Crippen LogP contribution in [0.4, 0.5) is 11.6 Å². The van der Waals surface area contributed by atoms with Gasteiger partial charge < -0.3 is 10.2 Å². The zero-order valence-corrected chi connectivity index (χ0v) is 19.3. The van der Waals surface area contributed by atoms with E-state index in [1.807, 2.05) is 30.9 Å². The molecule has 5 rings (SSSR count). The van der Waals surface area contributed by atoms with Crippen molar-refractivity contribution < 1.29 is 0 Å². The van der Waals surface area contributed by atoms with E-state index >= 15 is 0 Å². The molecule has 1 saturated heterocycles. The van der Waals surface area contributed by atoms with Crippen LogP contribution in [0, 0.1) is 0 Å². The Hall–Kier alpha value is -3.51. The Morgan fingerprint density at radius 3 is 2.61 bits per heavy atom. The van der Waals surface area contributed by atoms with E-state index in [0.717, 1.165) is 66.3 Å². The molecule has 2 aliphatic heterocycles. The molecule has 6 nitrogen and oxygen atoms in total. The monoisotopic (exact) mass is 438 g/mol. The normalized spacial score (nSPS) is 16.5. The van der Waals surface area contributed by atoms with Gasteiger partial charge in [0.1, 0.15) is 11.6 Å². The van der Waals surface area contributed by atoms with Gasteiger partial charge in [0.15, 0.2) is 0 Å². The molecule has 3 aromatic rings. The summed E-state index contributed by atoms with van der Waals surface area (Å²) >= 11 is 0. The molecule has 1 fully saturated rings. The molecule has 0 bridgehead atoms. The number of allylic oxidation sites excluding steroid dienone is 1. The lowest BCUT2D eigenvalue weighted by Crippen LogP contribution is -2.49. The maximum atomic E-state index is 4.62. The summed E-state index contributed by atoms with van der Waals surface area (Å²) in [4.78, 5) is 18.3. The highest BCUT2D eigenvalue weighted by Gasteiger charge is 2.20. The van der Waals surface area contributed by atoms with Gasteiger partial charge in [-0.25, -0.2) is 9.97 Å². The SMILES string of the molecule is C=C(Nc1cc2cc(C3=CN=CC3)ccc2cn1)c1ccnc(N2CCN(C(C)C)CC2)c1. The largest absolute Gasteiger partial charge is 0.354 e. The van der Waals surface area contributed by atoms with Crippen molar-refractivity contribution in [3.8, 4) is 0 Å². The van der Waals surface area contributed by atoms with Crippen molar-refractivity contribution in [3.05, 3.63) is 72.7 Å². The van der Waals surface area contributed by atoms with Crippen molar-refractivity contribution in [1.29, 1.82) is 0 Å². The van der Waals surface area contributed by atoms with E-state index in [9.17, 15) is 0 Å². The summed E-state index contributed by atoms with van der Waals surface area (Å²) in [5, 5.41) is 5.65. The lowest BCUT2D eigenvalue weighted by atomic mass is 10.0. The minimum absolute atomic E-state index is 0.587. The third kappa shape index (κ3) is 4.66. The quantitative estimate of drug-likeness (QED) is 0.583. The average Bonchev–Trinajstić information content (AvgIpc) is 3.39. The second kappa shape index (κ2) is 9.16. The zero-order valence-electron chi connectivity index (χ0n) is 19.3. The molecule has 6 heteroatoms. The fraction of sp³-hybridized carbons (Fsp3) is 0.296. The number of pyridine rings is 2. The minimum atomic E-state index is 0.587. The molecule has 0 saturated carbocycles. The van der Waals surface area contributed by atoms with Crippen LogP contribution in [-0.2, 0) is 0 Å². The van der Waals surface area contributed by atoms with Crippen molar-refractivity contribution in [2.45, 2.75) is 26.3 Å². The van der Waals surface area contributed by atoms with Gasteiger partial charge in [0.05, 0.1) is 0 Å². The molecule has 0 aliphatic carbocycles. The van der Waals surface area contributed by atoms with E-state index in [1.54, 1.807) is 0 Å². The van der Waals surface area contributed by atoms with Crippen LogP contribution in [0.15, 0.2) is 66.6 Å². The topological polar surface area (TPSA) is 56.7 Å². The summed E-state index contributed by atoms with van der Waals surface area (Å²) in [6.45, 7) is 12.9. The van der Waals surface area contributed by atoms with E-state index in [1.165, 1.54) is 11.1 Å². The van der Waals surface area contributed by atoms with Gasteiger partial charge in [-0.1, -0.05) is 18.7 Å². The third-order valence-corrected chi connectivity index (χ3v) is 6.48. The predicted molar refractivity (Wildman–Crippen MR) is 139 cm³/mol. The highest BCUT2D eigenvalue weighted by molar-refractivity contribution is 5.91. The summed E-state index contributed by atoms with van der Waals surface area (Å²) in [5.41, 5.74) is 4.28. The first-order valence-electron chi connectivity index (χ1n) is 11.6. The van der Waals surface area contributed by atoms with E-state index in [2.05, 4.69) is 80.8 Å². The molecule has 2 aliphatic rings. The first-order chi connectivity index (χ1) is 16.1. The number of benzene rings is 1. The van der Waals surface area contributed by atoms with Crippen molar-refractivity contribution in [2.75, 3.05) is 36.4 Å². The van der Waals surface area contributed by atoms with Gasteiger partial charge >= 0.3 is 0 Å². The number of hydrogen-bond acceptors (Lipinski definition) is 6. The van der Waals surface area contributed by atoms with E-state index in [-0.39, 0.29) is 0 Å². The Kier molecular flexibility index (Phi) is 5.92. The Morgan fingerprint density at radius 2 is 1.85 bits per heavy atom. The summed E-state index contributed by atoms with van der Waals surface area (Å²) < 4.78 is 0. The molecule has 1 aromatic carbocycles. The van der Waals surface area contributed by atoms with Gasteiger partial charge in [0.2, 0.25) is 0 Å². The highest BCUT2D eigenvalue weighted by Crippen LogP contribution is 2.27. The number of nitrogens with one attached hydrogen (secondary N) is 1. The maximum absolute atomic E-state index is 4.62. The maximum Gasteiger partial charge on any atom is 0.130 e. The van der Waals surface area contributed by atoms with Gasteiger partial charge in [-0.2, -0.15) is 0 Å². The molecule has 0 atom stereocenters. The van der Waals surface area contributed by atoms with Crippen molar-refractivity contribution in [1.82, 2.24) is 14.9 Å².